The van der Waals surface area contributed by atoms with E-state index in [9.17, 15) is 9.18 Å². The highest BCUT2D eigenvalue weighted by molar-refractivity contribution is 5.82. The minimum Gasteiger partial charge on any atom is -0.482 e. The van der Waals surface area contributed by atoms with Crippen LogP contribution < -0.4 is 14.8 Å². The quantitative estimate of drug-likeness (QED) is 0.744. The van der Waals surface area contributed by atoms with E-state index in [-0.39, 0.29) is 17.6 Å². The number of ether oxygens (including phenoxy) is 2. The number of amides is 1. The molecule has 3 unspecified atom stereocenters. The molecule has 0 spiro atoms. The first-order valence-corrected chi connectivity index (χ1v) is 8.83. The van der Waals surface area contributed by atoms with Gasteiger partial charge in [0.25, 0.3) is 5.91 Å². The number of carbonyl (C=O) groups is 1. The molecule has 0 aliphatic carbocycles. The summed E-state index contributed by atoms with van der Waals surface area (Å²) in [5.74, 6) is 0.973. The van der Waals surface area contributed by atoms with Crippen molar-refractivity contribution in [3.63, 3.8) is 0 Å². The molecule has 144 valence electrons. The van der Waals surface area contributed by atoms with E-state index in [2.05, 4.69) is 15.5 Å². The molecule has 1 aromatic heterocycles. The van der Waals surface area contributed by atoms with E-state index in [1.54, 1.807) is 38.1 Å². The molecule has 0 radical (unpaired) electrons. The van der Waals surface area contributed by atoms with Crippen LogP contribution in [0.5, 0.6) is 11.5 Å². The second kappa shape index (κ2) is 7.30. The summed E-state index contributed by atoms with van der Waals surface area (Å²) < 4.78 is 29.8. The van der Waals surface area contributed by atoms with Gasteiger partial charge >= 0.3 is 0 Å². The third-order valence-electron chi connectivity index (χ3n) is 4.37. The second-order valence-electron chi connectivity index (χ2n) is 6.50. The fourth-order valence-corrected chi connectivity index (χ4v) is 2.89. The maximum atomic E-state index is 13.0. The normalized spacial score (nSPS) is 19.1. The molecule has 4 rings (SSSR count). The van der Waals surface area contributed by atoms with Crippen molar-refractivity contribution in [2.75, 3.05) is 0 Å². The number of hydrogen-bond donors (Lipinski definition) is 1. The summed E-state index contributed by atoms with van der Waals surface area (Å²) in [4.78, 5) is 16.9. The minimum absolute atomic E-state index is 0.234. The summed E-state index contributed by atoms with van der Waals surface area (Å²) in [6, 6.07) is 12.4. The van der Waals surface area contributed by atoms with E-state index in [0.29, 0.717) is 22.9 Å². The highest BCUT2D eigenvalue weighted by atomic mass is 19.1. The van der Waals surface area contributed by atoms with Crippen LogP contribution in [0.15, 0.2) is 53.1 Å². The lowest BCUT2D eigenvalue weighted by molar-refractivity contribution is -0.134. The number of para-hydroxylation sites is 2. The Hall–Kier alpha value is -3.42. The van der Waals surface area contributed by atoms with E-state index in [1.165, 1.54) is 12.1 Å². The third-order valence-corrected chi connectivity index (χ3v) is 4.37. The van der Waals surface area contributed by atoms with Crippen LogP contribution >= 0.6 is 0 Å². The number of carbonyl (C=O) groups excluding carboxylic acids is 1. The first kappa shape index (κ1) is 18.0. The standard InChI is InChI=1S/C20H18FN3O4/c1-11(20-23-18(24-28-20)13-7-9-14(21)10-8-13)22-19(25)17-12(2)26-15-5-3-4-6-16(15)27-17/h3-12,17H,1-2H3,(H,22,25). The van der Waals surface area contributed by atoms with Gasteiger partial charge in [0.15, 0.2) is 11.5 Å². The second-order valence-corrected chi connectivity index (χ2v) is 6.50. The zero-order chi connectivity index (χ0) is 19.7. The molecular weight excluding hydrogens is 365 g/mol. The van der Waals surface area contributed by atoms with Crippen LogP contribution in [-0.4, -0.2) is 28.3 Å². The molecule has 3 aromatic rings. The summed E-state index contributed by atoms with van der Waals surface area (Å²) in [6.07, 6.45) is -1.27. The molecule has 0 saturated carbocycles. The Kier molecular flexibility index (Phi) is 4.68. The smallest absolute Gasteiger partial charge is 0.265 e. The van der Waals surface area contributed by atoms with Crippen molar-refractivity contribution in [1.82, 2.24) is 15.5 Å². The molecular formula is C20H18FN3O4. The minimum atomic E-state index is -0.808. The molecule has 1 amide bonds. The zero-order valence-electron chi connectivity index (χ0n) is 15.3. The van der Waals surface area contributed by atoms with Crippen LogP contribution in [0.2, 0.25) is 0 Å². The topological polar surface area (TPSA) is 86.5 Å². The average Bonchev–Trinajstić information content (AvgIpc) is 3.18. The highest BCUT2D eigenvalue weighted by Gasteiger charge is 2.35. The molecule has 0 saturated heterocycles. The van der Waals surface area contributed by atoms with Crippen molar-refractivity contribution in [1.29, 1.82) is 0 Å². The lowest BCUT2D eigenvalue weighted by Gasteiger charge is -2.31. The largest absolute Gasteiger partial charge is 0.482 e. The van der Waals surface area contributed by atoms with Gasteiger partial charge < -0.3 is 19.3 Å². The Labute approximate surface area is 160 Å². The van der Waals surface area contributed by atoms with Crippen molar-refractivity contribution < 1.29 is 23.2 Å². The SMILES string of the molecule is CC(NC(=O)C1Oc2ccccc2OC1C)c1nc(-c2ccc(F)cc2)no1. The predicted octanol–water partition coefficient (Wildman–Crippen LogP) is 3.28. The van der Waals surface area contributed by atoms with Gasteiger partial charge in [0.2, 0.25) is 17.8 Å². The lowest BCUT2D eigenvalue weighted by Crippen LogP contribution is -2.49. The first-order chi connectivity index (χ1) is 13.5. The molecule has 0 fully saturated rings. The summed E-state index contributed by atoms with van der Waals surface area (Å²) in [5, 5.41) is 6.69. The Morgan fingerprint density at radius 2 is 1.79 bits per heavy atom. The molecule has 1 aliphatic heterocycles. The highest BCUT2D eigenvalue weighted by Crippen LogP contribution is 2.33. The number of fused-ring (bicyclic) bond motifs is 1. The summed E-state index contributed by atoms with van der Waals surface area (Å²) >= 11 is 0. The first-order valence-electron chi connectivity index (χ1n) is 8.83. The van der Waals surface area contributed by atoms with Gasteiger partial charge in [-0.25, -0.2) is 4.39 Å². The monoisotopic (exact) mass is 383 g/mol. The number of rotatable bonds is 4. The van der Waals surface area contributed by atoms with Crippen molar-refractivity contribution in [3.8, 4) is 22.9 Å². The van der Waals surface area contributed by atoms with E-state index in [1.807, 2.05) is 12.1 Å². The molecule has 0 bridgehead atoms. The van der Waals surface area contributed by atoms with Crippen LogP contribution in [-0.2, 0) is 4.79 Å². The third kappa shape index (κ3) is 3.53. The van der Waals surface area contributed by atoms with Gasteiger partial charge in [0.05, 0.1) is 0 Å². The Morgan fingerprint density at radius 3 is 2.50 bits per heavy atom. The van der Waals surface area contributed by atoms with Gasteiger partial charge in [-0.05, 0) is 50.2 Å². The van der Waals surface area contributed by atoms with Crippen LogP contribution in [0.3, 0.4) is 0 Å². The average molecular weight is 383 g/mol. The van der Waals surface area contributed by atoms with Gasteiger partial charge in [-0.1, -0.05) is 17.3 Å². The lowest BCUT2D eigenvalue weighted by atomic mass is 10.1. The molecule has 7 nitrogen and oxygen atoms in total. The summed E-state index contributed by atoms with van der Waals surface area (Å²) in [5.41, 5.74) is 0.615. The van der Waals surface area contributed by atoms with E-state index in [4.69, 9.17) is 14.0 Å². The fourth-order valence-electron chi connectivity index (χ4n) is 2.89. The molecule has 8 heteroatoms. The number of hydrogen-bond acceptors (Lipinski definition) is 6. The van der Waals surface area contributed by atoms with Crippen molar-refractivity contribution >= 4 is 5.91 Å². The van der Waals surface area contributed by atoms with Gasteiger partial charge in [-0.3, -0.25) is 4.79 Å². The van der Waals surface area contributed by atoms with Gasteiger partial charge in [0.1, 0.15) is 18.0 Å². The van der Waals surface area contributed by atoms with Crippen LogP contribution in [0.1, 0.15) is 25.8 Å². The van der Waals surface area contributed by atoms with Crippen LogP contribution in [0, 0.1) is 5.82 Å². The van der Waals surface area contributed by atoms with Gasteiger partial charge in [-0.15, -0.1) is 0 Å². The number of halogens is 1. The predicted molar refractivity (Wildman–Crippen MR) is 97.2 cm³/mol. The summed E-state index contributed by atoms with van der Waals surface area (Å²) in [7, 11) is 0. The maximum Gasteiger partial charge on any atom is 0.265 e. The molecule has 28 heavy (non-hydrogen) atoms. The molecule has 2 aromatic carbocycles. The Bertz CT molecular complexity index is 989. The molecule has 1 aliphatic rings. The van der Waals surface area contributed by atoms with Crippen molar-refractivity contribution in [3.05, 3.63) is 60.2 Å². The van der Waals surface area contributed by atoms with E-state index < -0.39 is 18.2 Å². The van der Waals surface area contributed by atoms with E-state index >= 15 is 0 Å². The van der Waals surface area contributed by atoms with Gasteiger partial charge in [0, 0.05) is 5.56 Å². The Balaban J connectivity index is 1.44. The van der Waals surface area contributed by atoms with Crippen LogP contribution in [0.4, 0.5) is 4.39 Å². The van der Waals surface area contributed by atoms with Crippen LogP contribution in [0.25, 0.3) is 11.4 Å². The van der Waals surface area contributed by atoms with Crippen molar-refractivity contribution in [2.24, 2.45) is 0 Å². The summed E-state index contributed by atoms with van der Waals surface area (Å²) in [6.45, 7) is 3.49. The number of nitrogens with one attached hydrogen (secondary N) is 1. The maximum absolute atomic E-state index is 13.0. The zero-order valence-corrected chi connectivity index (χ0v) is 15.3. The fraction of sp³-hybridized carbons (Fsp3) is 0.250. The number of aromatic nitrogens is 2. The Morgan fingerprint density at radius 1 is 1.11 bits per heavy atom. The number of nitrogens with zero attached hydrogens (tertiary/aromatic N) is 2. The van der Waals surface area contributed by atoms with E-state index in [0.717, 1.165) is 0 Å². The number of benzene rings is 2. The van der Waals surface area contributed by atoms with Crippen molar-refractivity contribution in [2.45, 2.75) is 32.1 Å². The van der Waals surface area contributed by atoms with Gasteiger partial charge in [-0.2, -0.15) is 4.98 Å². The molecule has 1 N–H and O–H groups in total. The molecule has 2 heterocycles. The molecule has 3 atom stereocenters.